The van der Waals surface area contributed by atoms with Gasteiger partial charge in [-0.25, -0.2) is 13.6 Å². The van der Waals surface area contributed by atoms with Gasteiger partial charge in [0.15, 0.2) is 0 Å². The highest BCUT2D eigenvalue weighted by atomic mass is 19.1. The molecule has 0 aliphatic rings. The number of rotatable bonds is 6. The van der Waals surface area contributed by atoms with Crippen molar-refractivity contribution in [2.45, 2.75) is 39.8 Å². The van der Waals surface area contributed by atoms with E-state index in [0.29, 0.717) is 18.5 Å². The van der Waals surface area contributed by atoms with E-state index in [-0.39, 0.29) is 12.0 Å². The molecule has 0 spiro atoms. The fourth-order valence-electron chi connectivity index (χ4n) is 2.15. The van der Waals surface area contributed by atoms with Crippen molar-refractivity contribution in [3.63, 3.8) is 0 Å². The average Bonchev–Trinajstić information content (AvgIpc) is 2.31. The monoisotopic (exact) mass is 300 g/mol. The predicted octanol–water partition coefficient (Wildman–Crippen LogP) is 2.56. The van der Waals surface area contributed by atoms with Crippen molar-refractivity contribution >= 4 is 6.03 Å². The number of halogens is 2. The van der Waals surface area contributed by atoms with Crippen molar-refractivity contribution in [1.82, 2.24) is 10.6 Å². The van der Waals surface area contributed by atoms with Crippen LogP contribution in [0.1, 0.15) is 32.8 Å². The van der Waals surface area contributed by atoms with Crippen molar-refractivity contribution in [2.24, 2.45) is 5.41 Å². The third-order valence-electron chi connectivity index (χ3n) is 2.95. The molecule has 6 heteroatoms. The van der Waals surface area contributed by atoms with Crippen molar-refractivity contribution in [2.75, 3.05) is 6.54 Å². The van der Waals surface area contributed by atoms with Crippen LogP contribution in [0.5, 0.6) is 0 Å². The van der Waals surface area contributed by atoms with E-state index in [9.17, 15) is 18.7 Å². The minimum atomic E-state index is -0.676. The Labute approximate surface area is 123 Å². The third-order valence-corrected chi connectivity index (χ3v) is 2.95. The van der Waals surface area contributed by atoms with E-state index in [4.69, 9.17) is 0 Å². The molecule has 3 N–H and O–H groups in total. The number of carbonyl (C=O) groups excluding carboxylic acids is 1. The summed E-state index contributed by atoms with van der Waals surface area (Å²) in [6.45, 7) is 5.99. The second-order valence-electron chi connectivity index (χ2n) is 6.03. The molecule has 0 saturated carbocycles. The molecule has 0 aromatic heterocycles. The van der Waals surface area contributed by atoms with Crippen LogP contribution in [-0.4, -0.2) is 23.8 Å². The Bertz CT molecular complexity index is 470. The SMILES string of the molecule is C[C@H](O)CC(C)(C)CNC(=O)NCc1cc(F)cc(F)c1. The molecule has 0 bridgehead atoms. The van der Waals surface area contributed by atoms with Crippen molar-refractivity contribution < 1.29 is 18.7 Å². The van der Waals surface area contributed by atoms with Crippen LogP contribution in [0.3, 0.4) is 0 Å². The van der Waals surface area contributed by atoms with E-state index in [1.807, 2.05) is 13.8 Å². The zero-order valence-corrected chi connectivity index (χ0v) is 12.5. The van der Waals surface area contributed by atoms with Crippen LogP contribution in [0.4, 0.5) is 13.6 Å². The quantitative estimate of drug-likeness (QED) is 0.756. The molecule has 0 aliphatic carbocycles. The van der Waals surface area contributed by atoms with E-state index in [1.54, 1.807) is 6.92 Å². The minimum Gasteiger partial charge on any atom is -0.393 e. The maximum absolute atomic E-state index is 13.0. The summed E-state index contributed by atoms with van der Waals surface area (Å²) >= 11 is 0. The Morgan fingerprint density at radius 3 is 2.33 bits per heavy atom. The molecule has 118 valence electrons. The number of nitrogens with one attached hydrogen (secondary N) is 2. The topological polar surface area (TPSA) is 61.4 Å². The number of aliphatic hydroxyl groups excluding tert-OH is 1. The van der Waals surface area contributed by atoms with E-state index in [0.717, 1.165) is 6.07 Å². The standard InChI is InChI=1S/C15H22F2N2O2/c1-10(20)7-15(2,3)9-19-14(21)18-8-11-4-12(16)6-13(17)5-11/h4-6,10,20H,7-9H2,1-3H3,(H2,18,19,21)/t10-/m0/s1. The molecule has 4 nitrogen and oxygen atoms in total. The zero-order chi connectivity index (χ0) is 16.0. The molecular weight excluding hydrogens is 278 g/mol. The molecule has 1 aromatic rings. The minimum absolute atomic E-state index is 0.0390. The normalized spacial score (nSPS) is 12.9. The molecule has 1 rings (SSSR count). The summed E-state index contributed by atoms with van der Waals surface area (Å²) in [5.41, 5.74) is 0.113. The van der Waals surface area contributed by atoms with Crippen LogP contribution < -0.4 is 10.6 Å². The Hall–Kier alpha value is -1.69. The first-order chi connectivity index (χ1) is 9.68. The molecule has 0 radical (unpaired) electrons. The van der Waals surface area contributed by atoms with Gasteiger partial charge in [0.05, 0.1) is 6.10 Å². The fraction of sp³-hybridized carbons (Fsp3) is 0.533. The highest BCUT2D eigenvalue weighted by Crippen LogP contribution is 2.20. The van der Waals surface area contributed by atoms with E-state index in [2.05, 4.69) is 10.6 Å². The number of amides is 2. The lowest BCUT2D eigenvalue weighted by Gasteiger charge is -2.26. The predicted molar refractivity (Wildman–Crippen MR) is 76.7 cm³/mol. The average molecular weight is 300 g/mol. The number of hydrogen-bond donors (Lipinski definition) is 3. The van der Waals surface area contributed by atoms with Gasteiger partial charge in [0, 0.05) is 19.2 Å². The van der Waals surface area contributed by atoms with E-state index >= 15 is 0 Å². The van der Waals surface area contributed by atoms with Gasteiger partial charge in [-0.1, -0.05) is 13.8 Å². The van der Waals surface area contributed by atoms with Gasteiger partial charge in [-0.3, -0.25) is 0 Å². The lowest BCUT2D eigenvalue weighted by Crippen LogP contribution is -2.41. The number of aliphatic hydroxyl groups is 1. The lowest BCUT2D eigenvalue weighted by molar-refractivity contribution is 0.129. The fourth-order valence-corrected chi connectivity index (χ4v) is 2.15. The largest absolute Gasteiger partial charge is 0.393 e. The molecule has 0 fully saturated rings. The van der Waals surface area contributed by atoms with Crippen molar-refractivity contribution in [3.05, 3.63) is 35.4 Å². The zero-order valence-electron chi connectivity index (χ0n) is 12.5. The molecule has 0 heterocycles. The number of carbonyl (C=O) groups is 1. The molecule has 2 amide bonds. The molecule has 21 heavy (non-hydrogen) atoms. The summed E-state index contributed by atoms with van der Waals surface area (Å²) in [5.74, 6) is -1.35. The Morgan fingerprint density at radius 2 is 1.81 bits per heavy atom. The molecular formula is C15H22F2N2O2. The summed E-state index contributed by atoms with van der Waals surface area (Å²) in [5, 5.41) is 14.6. The van der Waals surface area contributed by atoms with Gasteiger partial charge in [0.2, 0.25) is 0 Å². The van der Waals surface area contributed by atoms with Gasteiger partial charge in [0.1, 0.15) is 11.6 Å². The Balaban J connectivity index is 2.40. The van der Waals surface area contributed by atoms with Gasteiger partial charge < -0.3 is 15.7 Å². The van der Waals surface area contributed by atoms with Crippen LogP contribution in [0.25, 0.3) is 0 Å². The molecule has 0 saturated heterocycles. The van der Waals surface area contributed by atoms with E-state index < -0.39 is 23.8 Å². The van der Waals surface area contributed by atoms with Crippen LogP contribution in [0.2, 0.25) is 0 Å². The summed E-state index contributed by atoms with van der Waals surface area (Å²) < 4.78 is 26.0. The first-order valence-electron chi connectivity index (χ1n) is 6.83. The van der Waals surface area contributed by atoms with Gasteiger partial charge in [-0.15, -0.1) is 0 Å². The summed E-state index contributed by atoms with van der Waals surface area (Å²) in [6, 6.07) is 2.70. The number of benzene rings is 1. The van der Waals surface area contributed by atoms with Gasteiger partial charge in [-0.2, -0.15) is 0 Å². The summed E-state index contributed by atoms with van der Waals surface area (Å²) in [4.78, 5) is 11.6. The van der Waals surface area contributed by atoms with Crippen LogP contribution >= 0.6 is 0 Å². The van der Waals surface area contributed by atoms with Crippen LogP contribution in [0, 0.1) is 17.0 Å². The third kappa shape index (κ3) is 7.04. The highest BCUT2D eigenvalue weighted by molar-refractivity contribution is 5.73. The second-order valence-corrected chi connectivity index (χ2v) is 6.03. The highest BCUT2D eigenvalue weighted by Gasteiger charge is 2.20. The van der Waals surface area contributed by atoms with Gasteiger partial charge >= 0.3 is 6.03 Å². The maximum atomic E-state index is 13.0. The Kier molecular flexibility index (Phi) is 6.08. The molecule has 1 atom stereocenters. The smallest absolute Gasteiger partial charge is 0.315 e. The van der Waals surface area contributed by atoms with E-state index in [1.165, 1.54) is 12.1 Å². The molecule has 1 aromatic carbocycles. The second kappa shape index (κ2) is 7.36. The Morgan fingerprint density at radius 1 is 1.24 bits per heavy atom. The molecule has 0 aliphatic heterocycles. The first-order valence-corrected chi connectivity index (χ1v) is 6.83. The lowest BCUT2D eigenvalue weighted by atomic mass is 9.87. The summed E-state index contributed by atoms with van der Waals surface area (Å²) in [6.07, 6.45) is 0.114. The first kappa shape index (κ1) is 17.4. The van der Waals surface area contributed by atoms with Crippen LogP contribution in [0.15, 0.2) is 18.2 Å². The molecule has 0 unspecified atom stereocenters. The number of urea groups is 1. The number of hydrogen-bond acceptors (Lipinski definition) is 2. The summed E-state index contributed by atoms with van der Waals surface area (Å²) in [7, 11) is 0. The van der Waals surface area contributed by atoms with Crippen molar-refractivity contribution in [1.29, 1.82) is 0 Å². The van der Waals surface area contributed by atoms with Crippen LogP contribution in [-0.2, 0) is 6.54 Å². The van der Waals surface area contributed by atoms with Gasteiger partial charge in [-0.05, 0) is 36.5 Å². The van der Waals surface area contributed by atoms with Crippen molar-refractivity contribution in [3.8, 4) is 0 Å². The van der Waals surface area contributed by atoms with Gasteiger partial charge in [0.25, 0.3) is 0 Å². The maximum Gasteiger partial charge on any atom is 0.315 e.